The molecule has 90 valence electrons. The zero-order chi connectivity index (χ0) is 11.4. The van der Waals surface area contributed by atoms with Crippen LogP contribution in [-0.4, -0.2) is 49.6 Å². The number of nitrogens with zero attached hydrogens (tertiary/aromatic N) is 2. The third kappa shape index (κ3) is 3.19. The number of likely N-dealkylation sites (tertiary alicyclic amines) is 1. The molecule has 0 atom stereocenters. The monoisotopic (exact) mass is 220 g/mol. The topological polar surface area (TPSA) is 6.48 Å². The second-order valence-corrected chi connectivity index (χ2v) is 5.21. The lowest BCUT2D eigenvalue weighted by Gasteiger charge is -2.35. The van der Waals surface area contributed by atoms with Gasteiger partial charge in [0, 0.05) is 12.6 Å². The van der Waals surface area contributed by atoms with Gasteiger partial charge in [0.05, 0.1) is 0 Å². The summed E-state index contributed by atoms with van der Waals surface area (Å²) in [4.78, 5) is 4.97. The van der Waals surface area contributed by atoms with Crippen molar-refractivity contribution in [1.82, 2.24) is 9.80 Å². The summed E-state index contributed by atoms with van der Waals surface area (Å²) in [5.41, 5.74) is 1.51. The smallest absolute Gasteiger partial charge is 0.0230 e. The minimum Gasteiger partial charge on any atom is -0.306 e. The molecule has 1 aliphatic carbocycles. The highest BCUT2D eigenvalue weighted by atomic mass is 15.2. The van der Waals surface area contributed by atoms with Crippen molar-refractivity contribution in [3.05, 3.63) is 23.8 Å². The molecule has 1 aliphatic heterocycles. The highest BCUT2D eigenvalue weighted by Crippen LogP contribution is 2.17. The fraction of sp³-hybridized carbons (Fsp3) is 0.714. The fourth-order valence-corrected chi connectivity index (χ4v) is 2.64. The van der Waals surface area contributed by atoms with E-state index in [1.54, 1.807) is 0 Å². The van der Waals surface area contributed by atoms with E-state index in [4.69, 9.17) is 0 Å². The van der Waals surface area contributed by atoms with Crippen LogP contribution in [0.5, 0.6) is 0 Å². The molecule has 2 nitrogen and oxygen atoms in total. The highest BCUT2D eigenvalue weighted by Gasteiger charge is 2.20. The Kier molecular flexibility index (Phi) is 4.19. The maximum absolute atomic E-state index is 2.54. The molecule has 0 N–H and O–H groups in total. The maximum atomic E-state index is 2.54. The van der Waals surface area contributed by atoms with Crippen molar-refractivity contribution in [2.75, 3.05) is 33.7 Å². The first-order chi connectivity index (χ1) is 7.75. The normalized spacial score (nSPS) is 23.8. The van der Waals surface area contributed by atoms with Crippen LogP contribution in [0.3, 0.4) is 0 Å². The van der Waals surface area contributed by atoms with Crippen LogP contribution >= 0.6 is 0 Å². The van der Waals surface area contributed by atoms with Gasteiger partial charge in [0.1, 0.15) is 0 Å². The first kappa shape index (κ1) is 11.9. The molecule has 1 saturated heterocycles. The maximum Gasteiger partial charge on any atom is 0.0230 e. The van der Waals surface area contributed by atoms with E-state index >= 15 is 0 Å². The molecule has 0 bridgehead atoms. The molecule has 0 aromatic rings. The number of allylic oxidation sites excluding steroid dienone is 2. The fourth-order valence-electron chi connectivity index (χ4n) is 2.64. The van der Waals surface area contributed by atoms with Crippen molar-refractivity contribution in [1.29, 1.82) is 0 Å². The molecule has 1 heterocycles. The van der Waals surface area contributed by atoms with Gasteiger partial charge in [0.15, 0.2) is 0 Å². The minimum atomic E-state index is 0.785. The van der Waals surface area contributed by atoms with Crippen molar-refractivity contribution in [2.45, 2.75) is 31.7 Å². The van der Waals surface area contributed by atoms with E-state index in [0.717, 1.165) is 12.6 Å². The van der Waals surface area contributed by atoms with E-state index in [0.29, 0.717) is 0 Å². The van der Waals surface area contributed by atoms with Gasteiger partial charge < -0.3 is 4.90 Å². The molecule has 0 aromatic carbocycles. The van der Waals surface area contributed by atoms with E-state index in [9.17, 15) is 0 Å². The van der Waals surface area contributed by atoms with Crippen molar-refractivity contribution in [3.63, 3.8) is 0 Å². The molecule has 2 heteroatoms. The second-order valence-electron chi connectivity index (χ2n) is 5.21. The predicted octanol–water partition coefficient (Wildman–Crippen LogP) is 2.29. The Bertz CT molecular complexity index is 272. The van der Waals surface area contributed by atoms with Gasteiger partial charge in [0.25, 0.3) is 0 Å². The molecular formula is C14H24N2. The predicted molar refractivity (Wildman–Crippen MR) is 69.6 cm³/mol. The highest BCUT2D eigenvalue weighted by molar-refractivity contribution is 5.23. The molecule has 2 rings (SSSR count). The lowest BCUT2D eigenvalue weighted by atomic mass is 10.0. The number of piperidine rings is 1. The molecule has 0 unspecified atom stereocenters. The summed E-state index contributed by atoms with van der Waals surface area (Å²) < 4.78 is 0. The molecule has 16 heavy (non-hydrogen) atoms. The molecule has 0 amide bonds. The van der Waals surface area contributed by atoms with Crippen molar-refractivity contribution in [2.24, 2.45) is 0 Å². The van der Waals surface area contributed by atoms with Crippen molar-refractivity contribution >= 4 is 0 Å². The van der Waals surface area contributed by atoms with E-state index in [2.05, 4.69) is 42.1 Å². The van der Waals surface area contributed by atoms with E-state index < -0.39 is 0 Å². The van der Waals surface area contributed by atoms with Crippen LogP contribution in [0.2, 0.25) is 0 Å². The first-order valence-corrected chi connectivity index (χ1v) is 6.50. The number of hydrogen-bond donors (Lipinski definition) is 0. The van der Waals surface area contributed by atoms with Gasteiger partial charge in [-0.3, -0.25) is 4.90 Å². The molecule has 2 aliphatic rings. The third-order valence-corrected chi connectivity index (χ3v) is 3.82. The summed E-state index contributed by atoms with van der Waals surface area (Å²) in [5, 5.41) is 0. The number of rotatable bonds is 3. The second kappa shape index (κ2) is 5.65. The molecule has 0 spiro atoms. The molecular weight excluding hydrogens is 196 g/mol. The Morgan fingerprint density at radius 2 is 2.06 bits per heavy atom. The third-order valence-electron chi connectivity index (χ3n) is 3.82. The Morgan fingerprint density at radius 3 is 2.69 bits per heavy atom. The molecule has 0 aromatic heterocycles. The molecule has 0 radical (unpaired) electrons. The summed E-state index contributed by atoms with van der Waals surface area (Å²) in [6.45, 7) is 3.64. The lowest BCUT2D eigenvalue weighted by Crippen LogP contribution is -2.42. The van der Waals surface area contributed by atoms with Gasteiger partial charge in [-0.1, -0.05) is 18.2 Å². The standard InChI is InChI=1S/C14H24N2/c1-15-10-8-14(9-11-15)16(2)12-13-6-4-3-5-7-13/h4,6-7,14H,3,5,8-12H2,1-2H3. The van der Waals surface area contributed by atoms with Gasteiger partial charge in [-0.05, 0) is 58.4 Å². The van der Waals surface area contributed by atoms with Crippen LogP contribution < -0.4 is 0 Å². The summed E-state index contributed by atoms with van der Waals surface area (Å²) >= 11 is 0. The zero-order valence-electron chi connectivity index (χ0n) is 10.7. The summed E-state index contributed by atoms with van der Waals surface area (Å²) in [7, 11) is 4.50. The summed E-state index contributed by atoms with van der Waals surface area (Å²) in [6, 6.07) is 0.785. The van der Waals surface area contributed by atoms with E-state index in [1.807, 2.05) is 0 Å². The van der Waals surface area contributed by atoms with E-state index in [1.165, 1.54) is 44.3 Å². The molecule has 0 saturated carbocycles. The molecule has 1 fully saturated rings. The van der Waals surface area contributed by atoms with Gasteiger partial charge in [-0.2, -0.15) is 0 Å². The Balaban J connectivity index is 1.81. The first-order valence-electron chi connectivity index (χ1n) is 6.50. The number of hydrogen-bond acceptors (Lipinski definition) is 2. The van der Waals surface area contributed by atoms with E-state index in [-0.39, 0.29) is 0 Å². The van der Waals surface area contributed by atoms with Gasteiger partial charge in [-0.25, -0.2) is 0 Å². The Hall–Kier alpha value is -0.600. The van der Waals surface area contributed by atoms with Crippen LogP contribution in [0.4, 0.5) is 0 Å². The van der Waals surface area contributed by atoms with Crippen LogP contribution in [0, 0.1) is 0 Å². The van der Waals surface area contributed by atoms with Crippen molar-refractivity contribution < 1.29 is 0 Å². The Labute approximate surface area is 99.6 Å². The number of likely N-dealkylation sites (N-methyl/N-ethyl adjacent to an activating group) is 1. The van der Waals surface area contributed by atoms with Gasteiger partial charge >= 0.3 is 0 Å². The average molecular weight is 220 g/mol. The average Bonchev–Trinajstić information content (AvgIpc) is 2.31. The lowest BCUT2D eigenvalue weighted by molar-refractivity contribution is 0.153. The van der Waals surface area contributed by atoms with Crippen molar-refractivity contribution in [3.8, 4) is 0 Å². The zero-order valence-corrected chi connectivity index (χ0v) is 10.7. The summed E-state index contributed by atoms with van der Waals surface area (Å²) in [5.74, 6) is 0. The van der Waals surface area contributed by atoms with Crippen LogP contribution in [0.15, 0.2) is 23.8 Å². The minimum absolute atomic E-state index is 0.785. The largest absolute Gasteiger partial charge is 0.306 e. The van der Waals surface area contributed by atoms with Crippen LogP contribution in [0.1, 0.15) is 25.7 Å². The quantitative estimate of drug-likeness (QED) is 0.720. The SMILES string of the molecule is CN1CCC(N(C)CC2=CCCC=C2)CC1. The summed E-state index contributed by atoms with van der Waals surface area (Å²) in [6.07, 6.45) is 12.1. The van der Waals surface area contributed by atoms with Gasteiger partial charge in [0.2, 0.25) is 0 Å². The Morgan fingerprint density at radius 1 is 1.31 bits per heavy atom. The van der Waals surface area contributed by atoms with Crippen LogP contribution in [-0.2, 0) is 0 Å². The van der Waals surface area contributed by atoms with Crippen LogP contribution in [0.25, 0.3) is 0 Å². The van der Waals surface area contributed by atoms with Gasteiger partial charge in [-0.15, -0.1) is 0 Å².